The molecule has 1 aromatic heterocycles. The summed E-state index contributed by atoms with van der Waals surface area (Å²) >= 11 is 1.35. The van der Waals surface area contributed by atoms with E-state index in [1.165, 1.54) is 23.7 Å². The molecule has 1 aliphatic carbocycles. The van der Waals surface area contributed by atoms with Crippen molar-refractivity contribution in [2.45, 2.75) is 25.2 Å². The Labute approximate surface area is 137 Å². The highest BCUT2D eigenvalue weighted by molar-refractivity contribution is 7.05. The summed E-state index contributed by atoms with van der Waals surface area (Å²) in [6.45, 7) is 0. The highest BCUT2D eigenvalue weighted by Gasteiger charge is 2.27. The second kappa shape index (κ2) is 5.81. The van der Waals surface area contributed by atoms with Gasteiger partial charge in [-0.2, -0.15) is 4.37 Å². The molecule has 3 aromatic rings. The molecule has 0 amide bonds. The zero-order chi connectivity index (χ0) is 15.8. The molecule has 0 bridgehead atoms. The van der Waals surface area contributed by atoms with Crippen LogP contribution in [0.4, 0.5) is 8.78 Å². The second-order valence-corrected chi connectivity index (χ2v) is 6.57. The first-order chi connectivity index (χ1) is 11.2. The lowest BCUT2D eigenvalue weighted by atomic mass is 10.0. The van der Waals surface area contributed by atoms with E-state index in [2.05, 4.69) is 9.36 Å². The molecule has 1 fully saturated rings. The van der Waals surface area contributed by atoms with Gasteiger partial charge in [-0.3, -0.25) is 0 Å². The Bertz CT molecular complexity index is 818. The van der Waals surface area contributed by atoms with Gasteiger partial charge in [-0.05, 0) is 47.6 Å². The molecule has 0 unspecified atom stereocenters. The summed E-state index contributed by atoms with van der Waals surface area (Å²) in [6.07, 6.45) is 2.38. The van der Waals surface area contributed by atoms with Gasteiger partial charge in [-0.25, -0.2) is 13.8 Å². The van der Waals surface area contributed by atoms with Crippen LogP contribution in [0.15, 0.2) is 42.5 Å². The van der Waals surface area contributed by atoms with Crippen molar-refractivity contribution < 1.29 is 8.78 Å². The fraction of sp³-hybridized carbons (Fsp3) is 0.222. The summed E-state index contributed by atoms with van der Waals surface area (Å²) in [5, 5.41) is 0.988. The first-order valence-electron chi connectivity index (χ1n) is 7.56. The highest BCUT2D eigenvalue weighted by atomic mass is 32.1. The number of halogens is 2. The van der Waals surface area contributed by atoms with Gasteiger partial charge in [0, 0.05) is 17.9 Å². The van der Waals surface area contributed by atoms with Gasteiger partial charge in [0.15, 0.2) is 0 Å². The molecule has 0 radical (unpaired) electrons. The predicted octanol–water partition coefficient (Wildman–Crippen LogP) is 4.95. The average Bonchev–Trinajstić information content (AvgIpc) is 3.31. The number of rotatable bonds is 4. The molecule has 1 saturated carbocycles. The van der Waals surface area contributed by atoms with Gasteiger partial charge in [0.1, 0.15) is 22.5 Å². The van der Waals surface area contributed by atoms with Crippen LogP contribution in [0, 0.1) is 11.6 Å². The van der Waals surface area contributed by atoms with Crippen LogP contribution < -0.4 is 0 Å². The normalized spacial score (nSPS) is 14.2. The standard InChI is InChI=1S/C18H14F2N2S/c19-15-8-13(11-4-2-1-3-5-11)9-16(20)14(15)10-17-21-18(23-22-17)12-6-7-12/h1-5,8-9,12H,6-7,10H2. The third-order valence-electron chi connectivity index (χ3n) is 3.99. The quantitative estimate of drug-likeness (QED) is 0.677. The molecule has 4 rings (SSSR count). The summed E-state index contributed by atoms with van der Waals surface area (Å²) in [6, 6.07) is 12.0. The monoisotopic (exact) mass is 328 g/mol. The van der Waals surface area contributed by atoms with E-state index in [4.69, 9.17) is 0 Å². The molecule has 2 aromatic carbocycles. The molecule has 0 spiro atoms. The van der Waals surface area contributed by atoms with Crippen molar-refractivity contribution in [2.24, 2.45) is 0 Å². The molecule has 5 heteroatoms. The first kappa shape index (κ1) is 14.5. The van der Waals surface area contributed by atoms with Crippen molar-refractivity contribution in [2.75, 3.05) is 0 Å². The Hall–Kier alpha value is -2.14. The molecule has 0 saturated heterocycles. The Kier molecular flexibility index (Phi) is 3.65. The maximum atomic E-state index is 14.4. The van der Waals surface area contributed by atoms with E-state index in [1.807, 2.05) is 30.3 Å². The topological polar surface area (TPSA) is 25.8 Å². The van der Waals surface area contributed by atoms with Crippen molar-refractivity contribution in [3.8, 4) is 11.1 Å². The second-order valence-electron chi connectivity index (χ2n) is 5.78. The predicted molar refractivity (Wildman–Crippen MR) is 86.5 cm³/mol. The third kappa shape index (κ3) is 3.01. The summed E-state index contributed by atoms with van der Waals surface area (Å²) in [7, 11) is 0. The molecular weight excluding hydrogens is 314 g/mol. The van der Waals surface area contributed by atoms with Crippen LogP contribution in [0.1, 0.15) is 35.2 Å². The molecule has 0 aliphatic heterocycles. The van der Waals surface area contributed by atoms with Gasteiger partial charge in [0.2, 0.25) is 0 Å². The van der Waals surface area contributed by atoms with Crippen molar-refractivity contribution >= 4 is 11.5 Å². The zero-order valence-electron chi connectivity index (χ0n) is 12.3. The van der Waals surface area contributed by atoms with Gasteiger partial charge >= 0.3 is 0 Å². The highest BCUT2D eigenvalue weighted by Crippen LogP contribution is 2.40. The van der Waals surface area contributed by atoms with Crippen LogP contribution in [0.25, 0.3) is 11.1 Å². The Morgan fingerprint density at radius 3 is 2.35 bits per heavy atom. The maximum Gasteiger partial charge on any atom is 0.147 e. The molecule has 0 atom stereocenters. The van der Waals surface area contributed by atoms with E-state index in [9.17, 15) is 8.78 Å². The molecule has 0 N–H and O–H groups in total. The Morgan fingerprint density at radius 1 is 1.00 bits per heavy atom. The first-order valence-corrected chi connectivity index (χ1v) is 8.34. The molecule has 2 nitrogen and oxygen atoms in total. The minimum absolute atomic E-state index is 0.0322. The van der Waals surface area contributed by atoms with Gasteiger partial charge in [-0.1, -0.05) is 30.3 Å². The number of hydrogen-bond donors (Lipinski definition) is 0. The fourth-order valence-electron chi connectivity index (χ4n) is 2.56. The average molecular weight is 328 g/mol. The lowest BCUT2D eigenvalue weighted by Gasteiger charge is -2.07. The lowest BCUT2D eigenvalue weighted by molar-refractivity contribution is 0.560. The fourth-order valence-corrected chi connectivity index (χ4v) is 3.40. The summed E-state index contributed by atoms with van der Waals surface area (Å²) < 4.78 is 33.0. The van der Waals surface area contributed by atoms with E-state index >= 15 is 0 Å². The van der Waals surface area contributed by atoms with Crippen LogP contribution >= 0.6 is 11.5 Å². The summed E-state index contributed by atoms with van der Waals surface area (Å²) in [5.74, 6) is -0.0863. The van der Waals surface area contributed by atoms with Crippen LogP contribution in [-0.4, -0.2) is 9.36 Å². The zero-order valence-corrected chi connectivity index (χ0v) is 13.1. The minimum atomic E-state index is -0.549. The Balaban J connectivity index is 1.63. The largest absolute Gasteiger partial charge is 0.224 e. The van der Waals surface area contributed by atoms with Crippen molar-refractivity contribution in [3.05, 3.63) is 70.5 Å². The van der Waals surface area contributed by atoms with Gasteiger partial charge in [0.05, 0.1) is 0 Å². The van der Waals surface area contributed by atoms with Crippen molar-refractivity contribution in [1.29, 1.82) is 0 Å². The van der Waals surface area contributed by atoms with E-state index < -0.39 is 11.6 Å². The number of nitrogens with zero attached hydrogens (tertiary/aromatic N) is 2. The molecular formula is C18H14F2N2S. The summed E-state index contributed by atoms with van der Waals surface area (Å²) in [4.78, 5) is 4.40. The Morgan fingerprint density at radius 2 is 1.70 bits per heavy atom. The minimum Gasteiger partial charge on any atom is -0.224 e. The van der Waals surface area contributed by atoms with E-state index in [0.717, 1.165) is 23.4 Å². The van der Waals surface area contributed by atoms with E-state index in [1.54, 1.807) is 0 Å². The van der Waals surface area contributed by atoms with Crippen molar-refractivity contribution in [3.63, 3.8) is 0 Å². The van der Waals surface area contributed by atoms with Crippen LogP contribution in [-0.2, 0) is 6.42 Å². The SMILES string of the molecule is Fc1cc(-c2ccccc2)cc(F)c1Cc1nsc(C2CC2)n1. The number of aromatic nitrogens is 2. The van der Waals surface area contributed by atoms with E-state index in [-0.39, 0.29) is 12.0 Å². The van der Waals surface area contributed by atoms with Crippen LogP contribution in [0.5, 0.6) is 0 Å². The molecule has 1 aliphatic rings. The molecule has 1 heterocycles. The summed E-state index contributed by atoms with van der Waals surface area (Å²) in [5.41, 5.74) is 1.36. The molecule has 116 valence electrons. The lowest BCUT2D eigenvalue weighted by Crippen LogP contribution is -2.00. The number of benzene rings is 2. The van der Waals surface area contributed by atoms with Crippen molar-refractivity contribution in [1.82, 2.24) is 9.36 Å². The smallest absolute Gasteiger partial charge is 0.147 e. The van der Waals surface area contributed by atoms with Gasteiger partial charge in [-0.15, -0.1) is 0 Å². The van der Waals surface area contributed by atoms with Crippen LogP contribution in [0.3, 0.4) is 0 Å². The van der Waals surface area contributed by atoms with Gasteiger partial charge < -0.3 is 0 Å². The number of hydrogen-bond acceptors (Lipinski definition) is 3. The maximum absolute atomic E-state index is 14.4. The molecule has 23 heavy (non-hydrogen) atoms. The van der Waals surface area contributed by atoms with E-state index in [0.29, 0.717) is 17.3 Å². The van der Waals surface area contributed by atoms with Crippen LogP contribution in [0.2, 0.25) is 0 Å². The third-order valence-corrected chi connectivity index (χ3v) is 4.91. The van der Waals surface area contributed by atoms with Gasteiger partial charge in [0.25, 0.3) is 0 Å².